The molecule has 2 rings (SSSR count). The van der Waals surface area contributed by atoms with Gasteiger partial charge >= 0.3 is 0 Å². The lowest BCUT2D eigenvalue weighted by atomic mass is 10.0. The van der Waals surface area contributed by atoms with Gasteiger partial charge in [0.2, 0.25) is 5.91 Å². The minimum Gasteiger partial charge on any atom is -0.379 e. The van der Waals surface area contributed by atoms with E-state index in [9.17, 15) is 9.18 Å². The van der Waals surface area contributed by atoms with Crippen molar-refractivity contribution in [1.82, 2.24) is 10.6 Å². The Balaban J connectivity index is 1.94. The first-order chi connectivity index (χ1) is 10.1. The maximum atomic E-state index is 13.2. The first kappa shape index (κ1) is 15.9. The van der Waals surface area contributed by atoms with E-state index < -0.39 is 0 Å². The molecular weight excluding hydrogens is 271 g/mol. The van der Waals surface area contributed by atoms with E-state index in [1.807, 2.05) is 13.0 Å². The second-order valence-corrected chi connectivity index (χ2v) is 5.49. The fourth-order valence-electron chi connectivity index (χ4n) is 2.52. The number of carbonyl (C=O) groups excluding carboxylic acids is 1. The Morgan fingerprint density at radius 3 is 3.00 bits per heavy atom. The Hall–Kier alpha value is -1.46. The van der Waals surface area contributed by atoms with Crippen molar-refractivity contribution >= 4 is 5.91 Å². The summed E-state index contributed by atoms with van der Waals surface area (Å²) in [5.74, 6) is -0.522. The Morgan fingerprint density at radius 2 is 2.29 bits per heavy atom. The van der Waals surface area contributed by atoms with Crippen molar-refractivity contribution in [2.75, 3.05) is 19.8 Å². The van der Waals surface area contributed by atoms with Crippen molar-refractivity contribution in [2.24, 2.45) is 5.92 Å². The molecule has 0 radical (unpaired) electrons. The summed E-state index contributed by atoms with van der Waals surface area (Å²) in [4.78, 5) is 12.4. The summed E-state index contributed by atoms with van der Waals surface area (Å²) in [5, 5.41) is 6.28. The van der Waals surface area contributed by atoms with Crippen LogP contribution >= 0.6 is 0 Å². The number of hydrogen-bond acceptors (Lipinski definition) is 3. The highest BCUT2D eigenvalue weighted by Gasteiger charge is 2.34. The highest BCUT2D eigenvalue weighted by atomic mass is 19.1. The summed E-state index contributed by atoms with van der Waals surface area (Å²) in [6.45, 7) is 5.81. The standard InChI is InChI=1S/C16H23FN2O2/c1-3-7-18-15-10-21-9-14(15)16(20)19-11(2)12-5-4-6-13(17)8-12/h4-6,8,11,14-15,18H,3,7,9-10H2,1-2H3,(H,19,20)/t11-,14?,15?/m0/s1. The van der Waals surface area contributed by atoms with Gasteiger partial charge in [-0.25, -0.2) is 4.39 Å². The molecule has 5 heteroatoms. The topological polar surface area (TPSA) is 50.4 Å². The molecule has 0 aliphatic carbocycles. The van der Waals surface area contributed by atoms with Gasteiger partial charge in [-0.3, -0.25) is 4.79 Å². The third-order valence-electron chi connectivity index (χ3n) is 3.78. The third-order valence-corrected chi connectivity index (χ3v) is 3.78. The van der Waals surface area contributed by atoms with Gasteiger partial charge in [-0.15, -0.1) is 0 Å². The number of benzene rings is 1. The number of ether oxygens (including phenoxy) is 1. The predicted octanol–water partition coefficient (Wildman–Crippen LogP) is 2.02. The van der Waals surface area contributed by atoms with Crippen LogP contribution in [0.2, 0.25) is 0 Å². The molecule has 116 valence electrons. The van der Waals surface area contributed by atoms with Gasteiger partial charge in [-0.2, -0.15) is 0 Å². The quantitative estimate of drug-likeness (QED) is 0.844. The van der Waals surface area contributed by atoms with Crippen molar-refractivity contribution in [1.29, 1.82) is 0 Å². The highest BCUT2D eigenvalue weighted by molar-refractivity contribution is 5.80. The molecule has 3 atom stereocenters. The van der Waals surface area contributed by atoms with Gasteiger partial charge in [0.05, 0.1) is 25.2 Å². The van der Waals surface area contributed by atoms with E-state index in [0.717, 1.165) is 18.5 Å². The van der Waals surface area contributed by atoms with Gasteiger partial charge in [0, 0.05) is 6.04 Å². The second-order valence-electron chi connectivity index (χ2n) is 5.49. The molecule has 2 unspecified atom stereocenters. The number of hydrogen-bond donors (Lipinski definition) is 2. The van der Waals surface area contributed by atoms with Crippen molar-refractivity contribution in [3.05, 3.63) is 35.6 Å². The van der Waals surface area contributed by atoms with Crippen LogP contribution in [0.4, 0.5) is 4.39 Å². The monoisotopic (exact) mass is 294 g/mol. The molecule has 1 aromatic carbocycles. The molecular formula is C16H23FN2O2. The van der Waals surface area contributed by atoms with Crippen molar-refractivity contribution in [3.63, 3.8) is 0 Å². The number of amides is 1. The number of halogens is 1. The second kappa shape index (κ2) is 7.52. The van der Waals surface area contributed by atoms with Crippen LogP contribution in [-0.4, -0.2) is 31.7 Å². The Labute approximate surface area is 125 Å². The van der Waals surface area contributed by atoms with E-state index in [4.69, 9.17) is 4.74 Å². The molecule has 1 aliphatic rings. The van der Waals surface area contributed by atoms with Gasteiger partial charge in [0.15, 0.2) is 0 Å². The molecule has 1 fully saturated rings. The van der Waals surface area contributed by atoms with Gasteiger partial charge in [-0.05, 0) is 37.6 Å². The van der Waals surface area contributed by atoms with Crippen molar-refractivity contribution in [2.45, 2.75) is 32.4 Å². The summed E-state index contributed by atoms with van der Waals surface area (Å²) in [5.41, 5.74) is 0.764. The zero-order valence-electron chi connectivity index (χ0n) is 12.6. The zero-order valence-corrected chi connectivity index (χ0v) is 12.6. The molecule has 0 spiro atoms. The Kier molecular flexibility index (Phi) is 5.70. The van der Waals surface area contributed by atoms with Gasteiger partial charge in [0.25, 0.3) is 0 Å². The predicted molar refractivity (Wildman–Crippen MR) is 79.3 cm³/mol. The maximum absolute atomic E-state index is 13.2. The summed E-state index contributed by atoms with van der Waals surface area (Å²) in [6.07, 6.45) is 1.02. The number of carbonyl (C=O) groups is 1. The molecule has 0 aromatic heterocycles. The van der Waals surface area contributed by atoms with Crippen LogP contribution in [0.3, 0.4) is 0 Å². The molecule has 0 saturated carbocycles. The van der Waals surface area contributed by atoms with Crippen LogP contribution in [0.5, 0.6) is 0 Å². The SMILES string of the molecule is CCCNC1COCC1C(=O)N[C@@H](C)c1cccc(F)c1. The van der Waals surface area contributed by atoms with Crippen LogP contribution in [0, 0.1) is 11.7 Å². The molecule has 1 saturated heterocycles. The molecule has 1 heterocycles. The number of rotatable bonds is 6. The van der Waals surface area contributed by atoms with Crippen LogP contribution < -0.4 is 10.6 Å². The molecule has 1 aliphatic heterocycles. The number of nitrogens with one attached hydrogen (secondary N) is 2. The summed E-state index contributed by atoms with van der Waals surface area (Å²) >= 11 is 0. The Bertz CT molecular complexity index is 481. The third kappa shape index (κ3) is 4.25. The largest absolute Gasteiger partial charge is 0.379 e. The van der Waals surface area contributed by atoms with E-state index in [2.05, 4.69) is 17.6 Å². The fraction of sp³-hybridized carbons (Fsp3) is 0.562. The maximum Gasteiger partial charge on any atom is 0.227 e. The lowest BCUT2D eigenvalue weighted by Gasteiger charge is -2.21. The zero-order chi connectivity index (χ0) is 15.2. The molecule has 2 N–H and O–H groups in total. The van der Waals surface area contributed by atoms with Crippen LogP contribution in [0.15, 0.2) is 24.3 Å². The highest BCUT2D eigenvalue weighted by Crippen LogP contribution is 2.18. The lowest BCUT2D eigenvalue weighted by Crippen LogP contribution is -2.44. The lowest BCUT2D eigenvalue weighted by molar-refractivity contribution is -0.126. The first-order valence-electron chi connectivity index (χ1n) is 7.48. The van der Waals surface area contributed by atoms with E-state index >= 15 is 0 Å². The molecule has 4 nitrogen and oxygen atoms in total. The minimum absolute atomic E-state index is 0.0436. The smallest absolute Gasteiger partial charge is 0.227 e. The van der Waals surface area contributed by atoms with Crippen molar-refractivity contribution < 1.29 is 13.9 Å². The van der Waals surface area contributed by atoms with Crippen LogP contribution in [0.1, 0.15) is 31.9 Å². The van der Waals surface area contributed by atoms with E-state index in [1.165, 1.54) is 12.1 Å². The fourth-order valence-corrected chi connectivity index (χ4v) is 2.52. The average Bonchev–Trinajstić information content (AvgIpc) is 2.93. The van der Waals surface area contributed by atoms with Gasteiger partial charge in [0.1, 0.15) is 5.82 Å². The van der Waals surface area contributed by atoms with E-state index in [0.29, 0.717) is 13.2 Å². The molecule has 1 amide bonds. The van der Waals surface area contributed by atoms with E-state index in [-0.39, 0.29) is 29.7 Å². The summed E-state index contributed by atoms with van der Waals surface area (Å²) < 4.78 is 18.6. The summed E-state index contributed by atoms with van der Waals surface area (Å²) in [6, 6.07) is 6.14. The average molecular weight is 294 g/mol. The Morgan fingerprint density at radius 1 is 1.48 bits per heavy atom. The molecule has 1 aromatic rings. The van der Waals surface area contributed by atoms with E-state index in [1.54, 1.807) is 6.07 Å². The molecule has 0 bridgehead atoms. The minimum atomic E-state index is -0.291. The van der Waals surface area contributed by atoms with Crippen LogP contribution in [-0.2, 0) is 9.53 Å². The van der Waals surface area contributed by atoms with Gasteiger partial charge in [-0.1, -0.05) is 19.1 Å². The summed E-state index contributed by atoms with van der Waals surface area (Å²) in [7, 11) is 0. The van der Waals surface area contributed by atoms with Crippen molar-refractivity contribution in [3.8, 4) is 0 Å². The van der Waals surface area contributed by atoms with Crippen LogP contribution in [0.25, 0.3) is 0 Å². The molecule has 21 heavy (non-hydrogen) atoms. The normalized spacial score (nSPS) is 23.0. The first-order valence-corrected chi connectivity index (χ1v) is 7.48. The van der Waals surface area contributed by atoms with Gasteiger partial charge < -0.3 is 15.4 Å².